The molecular formula is C19H14BrFN2O2. The maximum Gasteiger partial charge on any atom is 0.244 e. The third kappa shape index (κ3) is 4.87. The van der Waals surface area contributed by atoms with Gasteiger partial charge in [-0.1, -0.05) is 28.1 Å². The fraction of sp³-hybridized carbons (Fsp3) is 0.0526. The molecule has 1 heterocycles. The molecule has 0 radical (unpaired) electrons. The molecule has 2 aromatic carbocycles. The predicted molar refractivity (Wildman–Crippen MR) is 97.7 cm³/mol. The van der Waals surface area contributed by atoms with Gasteiger partial charge in [0.05, 0.1) is 12.6 Å². The topological polar surface area (TPSA) is 54.6 Å². The van der Waals surface area contributed by atoms with Gasteiger partial charge in [-0.2, -0.15) is 5.10 Å². The number of halogens is 2. The number of hydrogen-bond donors (Lipinski definition) is 1. The first-order chi connectivity index (χ1) is 12.1. The van der Waals surface area contributed by atoms with Crippen molar-refractivity contribution >= 4 is 28.1 Å². The molecule has 1 amide bonds. The van der Waals surface area contributed by atoms with Gasteiger partial charge in [0.15, 0.2) is 0 Å². The Kier molecular flexibility index (Phi) is 5.40. The van der Waals surface area contributed by atoms with Gasteiger partial charge in [0, 0.05) is 10.0 Å². The summed E-state index contributed by atoms with van der Waals surface area (Å²) in [5.74, 6) is 0.570. The number of carbonyl (C=O) groups excluding carboxylic acids is 1. The predicted octanol–water partition coefficient (Wildman–Crippen LogP) is 4.54. The molecule has 0 aliphatic rings. The van der Waals surface area contributed by atoms with Crippen LogP contribution in [0.25, 0.3) is 11.3 Å². The highest BCUT2D eigenvalue weighted by atomic mass is 79.9. The Hall–Kier alpha value is -2.73. The van der Waals surface area contributed by atoms with Crippen molar-refractivity contribution in [3.63, 3.8) is 0 Å². The third-order valence-electron chi connectivity index (χ3n) is 3.41. The van der Waals surface area contributed by atoms with Crippen LogP contribution in [0.1, 0.15) is 11.3 Å². The summed E-state index contributed by atoms with van der Waals surface area (Å²) in [5.41, 5.74) is 4.12. The lowest BCUT2D eigenvalue weighted by molar-refractivity contribution is -0.120. The fourth-order valence-electron chi connectivity index (χ4n) is 2.19. The molecule has 126 valence electrons. The van der Waals surface area contributed by atoms with E-state index in [0.717, 1.165) is 15.6 Å². The highest BCUT2D eigenvalue weighted by Gasteiger charge is 2.05. The van der Waals surface area contributed by atoms with E-state index in [1.165, 1.54) is 18.3 Å². The summed E-state index contributed by atoms with van der Waals surface area (Å²) in [6.45, 7) is 0. The monoisotopic (exact) mass is 400 g/mol. The molecule has 0 aliphatic carbocycles. The molecule has 6 heteroatoms. The number of nitrogens with one attached hydrogen (secondary N) is 1. The summed E-state index contributed by atoms with van der Waals surface area (Å²) < 4.78 is 19.5. The minimum atomic E-state index is -0.300. The molecule has 25 heavy (non-hydrogen) atoms. The van der Waals surface area contributed by atoms with Gasteiger partial charge in [-0.15, -0.1) is 0 Å². The first kappa shape index (κ1) is 17.1. The van der Waals surface area contributed by atoms with Gasteiger partial charge in [-0.25, -0.2) is 9.82 Å². The Bertz CT molecular complexity index is 887. The Labute approximate surface area is 152 Å². The molecule has 0 saturated heterocycles. The van der Waals surface area contributed by atoms with E-state index in [2.05, 4.69) is 26.5 Å². The molecule has 0 atom stereocenters. The quantitative estimate of drug-likeness (QED) is 0.504. The lowest BCUT2D eigenvalue weighted by Gasteiger charge is -2.00. The van der Waals surface area contributed by atoms with Crippen LogP contribution in [0.4, 0.5) is 4.39 Å². The van der Waals surface area contributed by atoms with Crippen LogP contribution in [0.2, 0.25) is 0 Å². The van der Waals surface area contributed by atoms with Crippen molar-refractivity contribution in [3.8, 4) is 11.3 Å². The van der Waals surface area contributed by atoms with Gasteiger partial charge in [0.25, 0.3) is 0 Å². The van der Waals surface area contributed by atoms with Gasteiger partial charge in [-0.05, 0) is 54.1 Å². The Balaban J connectivity index is 1.56. The second-order valence-corrected chi connectivity index (χ2v) is 6.22. The SMILES string of the molecule is O=C(Cc1ccc(Br)cc1)N/N=C\c1ccc(-c2ccc(F)cc2)o1. The third-order valence-corrected chi connectivity index (χ3v) is 3.94. The second-order valence-electron chi connectivity index (χ2n) is 5.31. The second kappa shape index (κ2) is 7.90. The van der Waals surface area contributed by atoms with Crippen LogP contribution in [0.15, 0.2) is 74.7 Å². The molecule has 3 aromatic rings. The fourth-order valence-corrected chi connectivity index (χ4v) is 2.45. The molecule has 1 aromatic heterocycles. The average molecular weight is 401 g/mol. The first-order valence-corrected chi connectivity index (χ1v) is 8.31. The van der Waals surface area contributed by atoms with Crippen molar-refractivity contribution in [3.05, 3.63) is 82.3 Å². The smallest absolute Gasteiger partial charge is 0.244 e. The van der Waals surface area contributed by atoms with Crippen LogP contribution in [-0.4, -0.2) is 12.1 Å². The molecule has 0 spiro atoms. The molecule has 0 bridgehead atoms. The molecule has 0 saturated carbocycles. The zero-order valence-electron chi connectivity index (χ0n) is 13.1. The minimum Gasteiger partial charge on any atom is -0.455 e. The van der Waals surface area contributed by atoms with Gasteiger partial charge in [0.2, 0.25) is 5.91 Å². The highest BCUT2D eigenvalue weighted by Crippen LogP contribution is 2.21. The zero-order chi connectivity index (χ0) is 17.6. The number of nitrogens with zero attached hydrogens (tertiary/aromatic N) is 1. The van der Waals surface area contributed by atoms with Crippen molar-refractivity contribution in [2.45, 2.75) is 6.42 Å². The van der Waals surface area contributed by atoms with Crippen molar-refractivity contribution in [2.24, 2.45) is 5.10 Å². The molecule has 0 fully saturated rings. The number of hydrazone groups is 1. The lowest BCUT2D eigenvalue weighted by Crippen LogP contribution is -2.19. The van der Waals surface area contributed by atoms with Crippen LogP contribution in [-0.2, 0) is 11.2 Å². The number of hydrogen-bond acceptors (Lipinski definition) is 3. The largest absolute Gasteiger partial charge is 0.455 e. The summed E-state index contributed by atoms with van der Waals surface area (Å²) in [6, 6.07) is 17.0. The van der Waals surface area contributed by atoms with Crippen LogP contribution in [0.3, 0.4) is 0 Å². The summed E-state index contributed by atoms with van der Waals surface area (Å²) in [7, 11) is 0. The lowest BCUT2D eigenvalue weighted by atomic mass is 10.1. The summed E-state index contributed by atoms with van der Waals surface area (Å²) in [6.07, 6.45) is 1.66. The van der Waals surface area contributed by atoms with E-state index in [4.69, 9.17) is 4.42 Å². The maximum absolute atomic E-state index is 12.9. The molecule has 3 rings (SSSR count). The van der Waals surface area contributed by atoms with Crippen LogP contribution < -0.4 is 5.43 Å². The van der Waals surface area contributed by atoms with E-state index in [0.29, 0.717) is 11.5 Å². The van der Waals surface area contributed by atoms with E-state index < -0.39 is 0 Å². The Morgan fingerprint density at radius 2 is 1.80 bits per heavy atom. The maximum atomic E-state index is 12.9. The van der Waals surface area contributed by atoms with Crippen molar-refractivity contribution in [2.75, 3.05) is 0 Å². The minimum absolute atomic E-state index is 0.219. The number of benzene rings is 2. The van der Waals surface area contributed by atoms with Gasteiger partial charge < -0.3 is 4.42 Å². The number of furan rings is 1. The molecule has 0 aliphatic heterocycles. The Morgan fingerprint density at radius 3 is 2.52 bits per heavy atom. The summed E-state index contributed by atoms with van der Waals surface area (Å²) >= 11 is 3.35. The van der Waals surface area contributed by atoms with Crippen LogP contribution in [0, 0.1) is 5.82 Å². The van der Waals surface area contributed by atoms with Crippen molar-refractivity contribution in [1.29, 1.82) is 0 Å². The van der Waals surface area contributed by atoms with E-state index in [9.17, 15) is 9.18 Å². The van der Waals surface area contributed by atoms with E-state index in [-0.39, 0.29) is 18.1 Å². The number of rotatable bonds is 5. The van der Waals surface area contributed by atoms with E-state index >= 15 is 0 Å². The zero-order valence-corrected chi connectivity index (χ0v) is 14.7. The molecular weight excluding hydrogens is 387 g/mol. The first-order valence-electron chi connectivity index (χ1n) is 7.52. The highest BCUT2D eigenvalue weighted by molar-refractivity contribution is 9.10. The van der Waals surface area contributed by atoms with Crippen molar-refractivity contribution in [1.82, 2.24) is 5.43 Å². The normalized spacial score (nSPS) is 11.0. The van der Waals surface area contributed by atoms with Crippen LogP contribution in [0.5, 0.6) is 0 Å². The number of carbonyl (C=O) groups is 1. The standard InChI is InChI=1S/C19H14BrFN2O2/c20-15-5-1-13(2-6-15)11-19(24)23-22-12-17-9-10-18(25-17)14-3-7-16(21)8-4-14/h1-10,12H,11H2,(H,23,24)/b22-12-. The van der Waals surface area contributed by atoms with Gasteiger partial charge in [-0.3, -0.25) is 4.79 Å². The molecule has 0 unspecified atom stereocenters. The Morgan fingerprint density at radius 1 is 1.08 bits per heavy atom. The van der Waals surface area contributed by atoms with Crippen molar-refractivity contribution < 1.29 is 13.6 Å². The van der Waals surface area contributed by atoms with E-state index in [1.54, 1.807) is 24.3 Å². The van der Waals surface area contributed by atoms with Crippen LogP contribution >= 0.6 is 15.9 Å². The summed E-state index contributed by atoms with van der Waals surface area (Å²) in [4.78, 5) is 11.8. The average Bonchev–Trinajstić information content (AvgIpc) is 3.06. The van der Waals surface area contributed by atoms with E-state index in [1.807, 2.05) is 24.3 Å². The molecule has 4 nitrogen and oxygen atoms in total. The van der Waals surface area contributed by atoms with Gasteiger partial charge >= 0.3 is 0 Å². The van der Waals surface area contributed by atoms with Gasteiger partial charge in [0.1, 0.15) is 17.3 Å². The molecule has 1 N–H and O–H groups in total. The summed E-state index contributed by atoms with van der Waals surface area (Å²) in [5, 5.41) is 3.89. The number of amides is 1.